The molecule has 20 heavy (non-hydrogen) atoms. The highest BCUT2D eigenvalue weighted by molar-refractivity contribution is 5.73. The van der Waals surface area contributed by atoms with Crippen LogP contribution in [0.5, 0.6) is 0 Å². The third-order valence-electron chi connectivity index (χ3n) is 2.86. The number of carbonyl (C=O) groups excluding carboxylic acids is 1. The first kappa shape index (κ1) is 16.1. The fraction of sp³-hybridized carbons (Fsp3) is 0.438. The molecule has 0 spiro atoms. The first-order valence-corrected chi connectivity index (χ1v) is 6.94. The highest BCUT2D eigenvalue weighted by atomic mass is 16.2. The van der Waals surface area contributed by atoms with E-state index in [-0.39, 0.29) is 6.03 Å². The van der Waals surface area contributed by atoms with Crippen LogP contribution >= 0.6 is 0 Å². The average Bonchev–Trinajstić information content (AvgIpc) is 2.46. The predicted octanol–water partition coefficient (Wildman–Crippen LogP) is 1.94. The van der Waals surface area contributed by atoms with Crippen LogP contribution in [0.1, 0.15) is 30.9 Å². The molecule has 108 valence electrons. The van der Waals surface area contributed by atoms with Crippen molar-refractivity contribution in [2.45, 2.75) is 26.3 Å². The van der Waals surface area contributed by atoms with Crippen molar-refractivity contribution in [1.29, 1.82) is 0 Å². The Bertz CT molecular complexity index is 471. The Kier molecular flexibility index (Phi) is 7.23. The molecule has 0 saturated heterocycles. The molecule has 0 aliphatic heterocycles. The maximum Gasteiger partial charge on any atom is 0.317 e. The summed E-state index contributed by atoms with van der Waals surface area (Å²) in [5.41, 5.74) is 7.35. The number of hydrogen-bond donors (Lipinski definition) is 2. The van der Waals surface area contributed by atoms with E-state index in [4.69, 9.17) is 5.73 Å². The lowest BCUT2D eigenvalue weighted by Gasteiger charge is -2.18. The van der Waals surface area contributed by atoms with Crippen molar-refractivity contribution in [3.8, 4) is 11.8 Å². The summed E-state index contributed by atoms with van der Waals surface area (Å²) in [6.07, 6.45) is 2.09. The Morgan fingerprint density at radius 3 is 2.65 bits per heavy atom. The molecule has 0 aliphatic rings. The van der Waals surface area contributed by atoms with Crippen LogP contribution in [0, 0.1) is 11.8 Å². The SMILES string of the molecule is CCCCNC(=O)N(C)Cc1ccc(C#CCN)cc1. The van der Waals surface area contributed by atoms with Crippen LogP contribution in [0.4, 0.5) is 4.79 Å². The number of unbranched alkanes of at least 4 members (excludes halogenated alkanes) is 1. The topological polar surface area (TPSA) is 58.4 Å². The number of rotatable bonds is 5. The fourth-order valence-electron chi connectivity index (χ4n) is 1.70. The van der Waals surface area contributed by atoms with Gasteiger partial charge >= 0.3 is 6.03 Å². The van der Waals surface area contributed by atoms with E-state index in [0.717, 1.165) is 30.5 Å². The molecule has 0 aliphatic carbocycles. The third-order valence-corrected chi connectivity index (χ3v) is 2.86. The second kappa shape index (κ2) is 9.00. The molecule has 2 amide bonds. The number of carbonyl (C=O) groups is 1. The van der Waals surface area contributed by atoms with Crippen molar-refractivity contribution >= 4 is 6.03 Å². The molecule has 1 aromatic carbocycles. The van der Waals surface area contributed by atoms with E-state index >= 15 is 0 Å². The van der Waals surface area contributed by atoms with Gasteiger partial charge in [-0.25, -0.2) is 4.79 Å². The van der Waals surface area contributed by atoms with Gasteiger partial charge in [-0.15, -0.1) is 0 Å². The molecule has 4 heteroatoms. The van der Waals surface area contributed by atoms with Crippen molar-refractivity contribution in [3.63, 3.8) is 0 Å². The Morgan fingerprint density at radius 1 is 1.35 bits per heavy atom. The monoisotopic (exact) mass is 273 g/mol. The summed E-state index contributed by atoms with van der Waals surface area (Å²) in [7, 11) is 1.80. The zero-order chi connectivity index (χ0) is 14.8. The lowest BCUT2D eigenvalue weighted by atomic mass is 10.1. The van der Waals surface area contributed by atoms with Crippen LogP contribution in [0.2, 0.25) is 0 Å². The molecule has 0 atom stereocenters. The molecule has 4 nitrogen and oxygen atoms in total. The number of nitrogens with one attached hydrogen (secondary N) is 1. The molecule has 0 fully saturated rings. The molecule has 3 N–H and O–H groups in total. The standard InChI is InChI=1S/C16H23N3O/c1-3-4-12-18-16(20)19(2)13-15-9-7-14(8-10-15)6-5-11-17/h7-10H,3-4,11-13,17H2,1-2H3,(H,18,20). The van der Waals surface area contributed by atoms with Crippen LogP contribution < -0.4 is 11.1 Å². The second-order valence-electron chi connectivity index (χ2n) is 4.64. The van der Waals surface area contributed by atoms with E-state index in [1.165, 1.54) is 0 Å². The van der Waals surface area contributed by atoms with E-state index in [2.05, 4.69) is 24.1 Å². The molecule has 0 bridgehead atoms. The van der Waals surface area contributed by atoms with Gasteiger partial charge in [0.25, 0.3) is 0 Å². The van der Waals surface area contributed by atoms with Gasteiger partial charge in [0.15, 0.2) is 0 Å². The molecular weight excluding hydrogens is 250 g/mol. The van der Waals surface area contributed by atoms with Crippen molar-refractivity contribution in [2.75, 3.05) is 20.1 Å². The van der Waals surface area contributed by atoms with E-state index in [1.54, 1.807) is 11.9 Å². The van der Waals surface area contributed by atoms with Gasteiger partial charge in [-0.3, -0.25) is 0 Å². The molecule has 0 radical (unpaired) electrons. The van der Waals surface area contributed by atoms with Crippen molar-refractivity contribution < 1.29 is 4.79 Å². The van der Waals surface area contributed by atoms with Gasteiger partial charge in [-0.2, -0.15) is 0 Å². The maximum atomic E-state index is 11.8. The van der Waals surface area contributed by atoms with E-state index in [9.17, 15) is 4.79 Å². The van der Waals surface area contributed by atoms with Crippen LogP contribution in [0.25, 0.3) is 0 Å². The lowest BCUT2D eigenvalue weighted by molar-refractivity contribution is 0.207. The molecule has 0 aromatic heterocycles. The van der Waals surface area contributed by atoms with Gasteiger partial charge in [0.1, 0.15) is 0 Å². The first-order valence-electron chi connectivity index (χ1n) is 6.94. The van der Waals surface area contributed by atoms with Gasteiger partial charge < -0.3 is 16.0 Å². The Morgan fingerprint density at radius 2 is 2.05 bits per heavy atom. The molecule has 1 aromatic rings. The Balaban J connectivity index is 2.49. The van der Waals surface area contributed by atoms with Crippen molar-refractivity contribution in [2.24, 2.45) is 5.73 Å². The minimum Gasteiger partial charge on any atom is -0.338 e. The van der Waals surface area contributed by atoms with Gasteiger partial charge in [0, 0.05) is 25.7 Å². The summed E-state index contributed by atoms with van der Waals surface area (Å²) in [5.74, 6) is 5.79. The maximum absolute atomic E-state index is 11.8. The Labute approximate surface area is 121 Å². The summed E-state index contributed by atoms with van der Waals surface area (Å²) in [6.45, 7) is 3.78. The van der Waals surface area contributed by atoms with Crippen LogP contribution in [0.3, 0.4) is 0 Å². The number of hydrogen-bond acceptors (Lipinski definition) is 2. The highest BCUT2D eigenvalue weighted by Gasteiger charge is 2.07. The molecule has 1 rings (SSSR count). The minimum atomic E-state index is -0.0366. The van der Waals surface area contributed by atoms with Gasteiger partial charge in [-0.1, -0.05) is 37.3 Å². The van der Waals surface area contributed by atoms with Gasteiger partial charge in [0.2, 0.25) is 0 Å². The van der Waals surface area contributed by atoms with Crippen molar-refractivity contribution in [3.05, 3.63) is 35.4 Å². The predicted molar refractivity (Wildman–Crippen MR) is 82.1 cm³/mol. The van der Waals surface area contributed by atoms with E-state index in [1.807, 2.05) is 24.3 Å². The quantitative estimate of drug-likeness (QED) is 0.636. The van der Waals surface area contributed by atoms with E-state index < -0.39 is 0 Å². The largest absolute Gasteiger partial charge is 0.338 e. The summed E-state index contributed by atoms with van der Waals surface area (Å²) >= 11 is 0. The summed E-state index contributed by atoms with van der Waals surface area (Å²) in [4.78, 5) is 13.5. The number of amides is 2. The first-order chi connectivity index (χ1) is 9.67. The smallest absolute Gasteiger partial charge is 0.317 e. The van der Waals surface area contributed by atoms with Gasteiger partial charge in [0.05, 0.1) is 6.54 Å². The summed E-state index contributed by atoms with van der Waals surface area (Å²) < 4.78 is 0. The highest BCUT2D eigenvalue weighted by Crippen LogP contribution is 2.06. The number of benzene rings is 1. The van der Waals surface area contributed by atoms with E-state index in [0.29, 0.717) is 13.1 Å². The van der Waals surface area contributed by atoms with Crippen LogP contribution in [-0.4, -0.2) is 31.1 Å². The molecule has 0 heterocycles. The second-order valence-corrected chi connectivity index (χ2v) is 4.64. The van der Waals surface area contributed by atoms with Crippen molar-refractivity contribution in [1.82, 2.24) is 10.2 Å². The zero-order valence-electron chi connectivity index (χ0n) is 12.3. The number of urea groups is 1. The minimum absolute atomic E-state index is 0.0366. The molecular formula is C16H23N3O. The zero-order valence-corrected chi connectivity index (χ0v) is 12.3. The van der Waals surface area contributed by atoms with Crippen LogP contribution in [-0.2, 0) is 6.54 Å². The number of nitrogens with two attached hydrogens (primary N) is 1. The number of nitrogens with zero attached hydrogens (tertiary/aromatic N) is 1. The third kappa shape index (κ3) is 5.77. The average molecular weight is 273 g/mol. The van der Waals surface area contributed by atoms with Crippen LogP contribution in [0.15, 0.2) is 24.3 Å². The molecule has 0 saturated carbocycles. The fourth-order valence-corrected chi connectivity index (χ4v) is 1.70. The lowest BCUT2D eigenvalue weighted by Crippen LogP contribution is -2.37. The summed E-state index contributed by atoms with van der Waals surface area (Å²) in [6, 6.07) is 7.82. The molecule has 0 unspecified atom stereocenters. The normalized spacial score (nSPS) is 9.55. The van der Waals surface area contributed by atoms with Gasteiger partial charge in [-0.05, 0) is 24.1 Å². The summed E-state index contributed by atoms with van der Waals surface area (Å²) in [5, 5.41) is 2.89. The Hall–Kier alpha value is -1.99.